The zero-order valence-electron chi connectivity index (χ0n) is 64.1. The van der Waals surface area contributed by atoms with Crippen LogP contribution in [0.3, 0.4) is 0 Å². The van der Waals surface area contributed by atoms with E-state index in [9.17, 15) is 5.48 Å². The number of hydrogen-bond donors (Lipinski definition) is 0. The van der Waals surface area contributed by atoms with Crippen LogP contribution in [0.25, 0.3) is 106 Å². The number of fused-ring (bicyclic) bond motifs is 4. The smallest absolute Gasteiger partial charge is 0.268 e. The molecule has 0 unspecified atom stereocenters. The number of para-hydroxylation sites is 1. The fourth-order valence-corrected chi connectivity index (χ4v) is 9.43. The van der Waals surface area contributed by atoms with Crippen LogP contribution in [0.4, 0.5) is 0 Å². The van der Waals surface area contributed by atoms with Crippen molar-refractivity contribution < 1.29 is 61.9 Å². The molecule has 0 fully saturated rings. The van der Waals surface area contributed by atoms with Crippen LogP contribution in [-0.4, -0.2) is 14.1 Å². The molecule has 3 aromatic heterocycles. The van der Waals surface area contributed by atoms with E-state index in [1.807, 2.05) is 45.0 Å². The van der Waals surface area contributed by atoms with Crippen molar-refractivity contribution >= 4 is 32.8 Å². The molecule has 3 heterocycles. The monoisotopic (exact) mass is 1190 g/mol. The minimum absolute atomic E-state index is 0. The molecule has 13 aromatic rings. The van der Waals surface area contributed by atoms with Gasteiger partial charge in [-0.05, 0) is 115 Å². The topological polar surface area (TPSA) is 35.9 Å². The fourth-order valence-electron chi connectivity index (χ4n) is 9.43. The first kappa shape index (κ1) is 29.4. The maximum absolute atomic E-state index is 9.53. The van der Waals surface area contributed by atoms with Crippen LogP contribution in [0.2, 0.25) is 0 Å². The van der Waals surface area contributed by atoms with E-state index in [-0.39, 0.29) is 116 Å². The molecule has 0 amide bonds. The van der Waals surface area contributed by atoms with E-state index < -0.39 is 133 Å². The number of rotatable bonds is 10. The molecule has 0 atom stereocenters. The number of nitrogens with zero attached hydrogens (tertiary/aromatic N) is 4. The fraction of sp³-hybridized carbons (Fsp3) is 0.0704. The van der Waals surface area contributed by atoms with Gasteiger partial charge in [0.05, 0.1) is 44.1 Å². The SMILES string of the molecule is [2H]c1c([2H])c([2H])c(-c2cc(-c3cccc(C(C)(C)C)c3)c(-[n+]3[c-]n(-c4[c-]c(Oc5[c-]c6c(cc5)c5ccccc5n6-c5cc(C([2H])([2H])[2H])c(-c6c([2H])c([2H])c([2H])c([2H])c6[2H])cn5)ccc4)c4cc(-c5c([2H])c([2H])c([2H])c([2H])c5[2H])ccc43)c(-c3c([2H])c([2H])c([2H])c([2H])c3[2H])c2)c([2H])c1[2H].[Pt]. The molecule has 0 saturated carbocycles. The van der Waals surface area contributed by atoms with Gasteiger partial charge in [0, 0.05) is 54.0 Å². The first-order valence-corrected chi connectivity index (χ1v) is 24.0. The molecule has 0 bridgehead atoms. The first-order chi connectivity index (χ1) is 46.7. The van der Waals surface area contributed by atoms with E-state index in [4.69, 9.17) is 30.8 Å². The number of ether oxygens (including phenoxy) is 1. The third kappa shape index (κ3) is 9.28. The summed E-state index contributed by atoms with van der Waals surface area (Å²) < 4.78 is 214. The molecule has 0 saturated heterocycles. The van der Waals surface area contributed by atoms with Crippen molar-refractivity contribution in [3.8, 4) is 84.3 Å². The molecule has 5 nitrogen and oxygen atoms in total. The molecular weight excluding hydrogens is 1120 g/mol. The summed E-state index contributed by atoms with van der Waals surface area (Å²) in [5, 5.41) is 1.36. The summed E-state index contributed by atoms with van der Waals surface area (Å²) in [5.41, 5.74) is 1.40. The molecule has 77 heavy (non-hydrogen) atoms. The summed E-state index contributed by atoms with van der Waals surface area (Å²) >= 11 is 0. The number of aromatic nitrogens is 4. The van der Waals surface area contributed by atoms with Crippen molar-refractivity contribution in [3.05, 3.63) is 272 Å². The number of pyridine rings is 1. The van der Waals surface area contributed by atoms with E-state index in [0.29, 0.717) is 27.4 Å². The van der Waals surface area contributed by atoms with Gasteiger partial charge in [0.1, 0.15) is 5.82 Å². The summed E-state index contributed by atoms with van der Waals surface area (Å²) in [6.07, 6.45) is 4.62. The quantitative estimate of drug-likeness (QED) is 0.101. The van der Waals surface area contributed by atoms with E-state index in [1.54, 1.807) is 92.6 Å². The van der Waals surface area contributed by atoms with E-state index in [2.05, 4.69) is 23.4 Å². The van der Waals surface area contributed by atoms with Crippen molar-refractivity contribution in [2.45, 2.75) is 33.0 Å². The third-order valence-electron chi connectivity index (χ3n) is 13.0. The molecular formula is C71H52N4OPt-2. The largest absolute Gasteiger partial charge is 0.510 e. The van der Waals surface area contributed by atoms with Gasteiger partial charge < -0.3 is 13.9 Å². The molecule has 0 aliphatic rings. The van der Waals surface area contributed by atoms with Crippen LogP contribution >= 0.6 is 0 Å². The van der Waals surface area contributed by atoms with Gasteiger partial charge in [-0.25, -0.2) is 4.98 Å². The Bertz CT molecular complexity index is 5550. The Hall–Kier alpha value is -8.89. The van der Waals surface area contributed by atoms with Crippen LogP contribution in [0.5, 0.6) is 11.5 Å². The van der Waals surface area contributed by atoms with Gasteiger partial charge in [-0.15, -0.1) is 29.7 Å². The minimum Gasteiger partial charge on any atom is -0.510 e. The van der Waals surface area contributed by atoms with Gasteiger partial charge in [-0.1, -0.05) is 202 Å². The summed E-state index contributed by atoms with van der Waals surface area (Å²) in [7, 11) is 0. The third-order valence-corrected chi connectivity index (χ3v) is 13.0. The Morgan fingerprint density at radius 1 is 0.532 bits per heavy atom. The Morgan fingerprint density at radius 3 is 1.87 bits per heavy atom. The molecule has 10 aromatic carbocycles. The predicted molar refractivity (Wildman–Crippen MR) is 311 cm³/mol. The second kappa shape index (κ2) is 20.3. The van der Waals surface area contributed by atoms with Crippen molar-refractivity contribution in [3.63, 3.8) is 0 Å². The van der Waals surface area contributed by atoms with Crippen molar-refractivity contribution in [1.82, 2.24) is 14.1 Å². The summed E-state index contributed by atoms with van der Waals surface area (Å²) in [4.78, 5) is 4.68. The van der Waals surface area contributed by atoms with Crippen LogP contribution in [0.15, 0.2) is 242 Å². The average molecular weight is 1200 g/mol. The summed E-state index contributed by atoms with van der Waals surface area (Å²) in [5.74, 6) is 0.291. The van der Waals surface area contributed by atoms with Crippen LogP contribution < -0.4 is 9.30 Å². The minimum atomic E-state index is -2.88. The summed E-state index contributed by atoms with van der Waals surface area (Å²) in [6.45, 7) is 3.11. The van der Waals surface area contributed by atoms with E-state index in [1.165, 1.54) is 18.3 Å². The maximum Gasteiger partial charge on any atom is 0.268 e. The second-order valence-electron chi connectivity index (χ2n) is 18.8. The van der Waals surface area contributed by atoms with E-state index in [0.717, 1.165) is 5.56 Å². The number of imidazole rings is 1. The van der Waals surface area contributed by atoms with Crippen molar-refractivity contribution in [2.75, 3.05) is 0 Å². The van der Waals surface area contributed by atoms with Gasteiger partial charge in [-0.2, -0.15) is 18.2 Å². The predicted octanol–water partition coefficient (Wildman–Crippen LogP) is 17.5. The number of aryl methyl sites for hydroxylation is 1. The number of benzene rings is 10. The molecule has 0 spiro atoms. The van der Waals surface area contributed by atoms with Gasteiger partial charge in [0.25, 0.3) is 6.33 Å². The number of hydrogen-bond acceptors (Lipinski definition) is 2. The zero-order chi connectivity index (χ0) is 71.2. The first-order valence-electron chi connectivity index (χ1n) is 35.5. The normalized spacial score (nSPS) is 15.9. The zero-order valence-corrected chi connectivity index (χ0v) is 43.3. The molecule has 6 heteroatoms. The Kier molecular flexibility index (Phi) is 7.77. The van der Waals surface area contributed by atoms with Crippen LogP contribution in [-0.2, 0) is 26.5 Å². The Labute approximate surface area is 496 Å². The molecule has 0 N–H and O–H groups in total. The second-order valence-corrected chi connectivity index (χ2v) is 18.8. The van der Waals surface area contributed by atoms with Crippen molar-refractivity contribution in [1.29, 1.82) is 0 Å². The maximum atomic E-state index is 9.53. The van der Waals surface area contributed by atoms with Gasteiger partial charge >= 0.3 is 0 Å². The Balaban J connectivity index is 0.00000948. The van der Waals surface area contributed by atoms with Crippen LogP contribution in [0, 0.1) is 25.3 Å². The van der Waals surface area contributed by atoms with Crippen LogP contribution in [0.1, 0.15) is 63.4 Å². The molecule has 374 valence electrons. The molecule has 0 radical (unpaired) electrons. The standard InChI is InChI=1S/C71H52N4O.Pt/c1-48-39-69(72-46-64(48)52-27-15-8-16-28-52)75-65-34-18-17-33-60(65)61-37-36-59(45-67(61)75)76-58-32-20-31-57(44-58)73-47-74(66-38-35-53(43-68(66)73)49-21-9-5-10-22-49)70-62(51-25-13-7-14-26-51)41-55(50-23-11-6-12-24-50)42-63(70)54-29-19-30-56(40-54)71(2,3)4;/h5-43,46H,1-4H3;/q-2;/i1D3,5D,6D,7D,8D,9D,10D,11D,12D,13D,14D,15D,16D,21D,22D,23D,24D,25D,26D,27D,28D;. The molecule has 13 rings (SSSR count). The van der Waals surface area contributed by atoms with Gasteiger partial charge in [-0.3, -0.25) is 4.57 Å². The summed E-state index contributed by atoms with van der Waals surface area (Å²) in [6, 6.07) is 26.2. The molecule has 0 aliphatic heterocycles. The van der Waals surface area contributed by atoms with Crippen molar-refractivity contribution in [2.24, 2.45) is 0 Å². The molecule has 0 aliphatic carbocycles. The van der Waals surface area contributed by atoms with E-state index >= 15 is 0 Å². The Morgan fingerprint density at radius 2 is 1.17 bits per heavy atom. The average Bonchev–Trinajstić information content (AvgIpc) is 1.40. The van der Waals surface area contributed by atoms with Gasteiger partial charge in [0.15, 0.2) is 0 Å². The van der Waals surface area contributed by atoms with Gasteiger partial charge in [0.2, 0.25) is 0 Å².